The number of thioether (sulfide) groups is 1. The van der Waals surface area contributed by atoms with Gasteiger partial charge in [-0.2, -0.15) is 11.8 Å². The molecule has 0 saturated heterocycles. The molecule has 0 aliphatic heterocycles. The van der Waals surface area contributed by atoms with Gasteiger partial charge >= 0.3 is 0 Å². The Labute approximate surface area is 95.6 Å². The van der Waals surface area contributed by atoms with E-state index in [9.17, 15) is 0 Å². The maximum atomic E-state index is 6.07. The van der Waals surface area contributed by atoms with Gasteiger partial charge in [0.1, 0.15) is 12.2 Å². The van der Waals surface area contributed by atoms with Crippen LogP contribution < -0.4 is 5.73 Å². The van der Waals surface area contributed by atoms with E-state index >= 15 is 0 Å². The number of hydrogen-bond acceptors (Lipinski definition) is 4. The van der Waals surface area contributed by atoms with E-state index in [-0.39, 0.29) is 6.04 Å². The zero-order chi connectivity index (χ0) is 11.3. The van der Waals surface area contributed by atoms with Gasteiger partial charge in [0.05, 0.1) is 6.04 Å². The Hall–Kier alpha value is -0.550. The molecule has 2 N–H and O–H groups in total. The van der Waals surface area contributed by atoms with Gasteiger partial charge in [-0.3, -0.25) is 0 Å². The molecule has 0 fully saturated rings. The van der Waals surface area contributed by atoms with Gasteiger partial charge in [-0.25, -0.2) is 0 Å². The standard InChI is InChI=1S/C10H20N4S/c1-8(2)6-14-7-12-13-10(14)9(11)4-5-15-3/h7-9H,4-6,11H2,1-3H3/t9-/m0/s1. The molecule has 0 bridgehead atoms. The van der Waals surface area contributed by atoms with Crippen LogP contribution in [0.5, 0.6) is 0 Å². The van der Waals surface area contributed by atoms with E-state index in [0.29, 0.717) is 5.92 Å². The van der Waals surface area contributed by atoms with Gasteiger partial charge in [-0.1, -0.05) is 13.8 Å². The molecule has 1 heterocycles. The van der Waals surface area contributed by atoms with Gasteiger partial charge in [0, 0.05) is 6.54 Å². The zero-order valence-electron chi connectivity index (χ0n) is 9.68. The first-order valence-corrected chi connectivity index (χ1v) is 6.66. The average molecular weight is 228 g/mol. The molecule has 5 heteroatoms. The molecule has 0 amide bonds. The molecular formula is C10H20N4S. The van der Waals surface area contributed by atoms with Crippen LogP contribution in [0.25, 0.3) is 0 Å². The summed E-state index contributed by atoms with van der Waals surface area (Å²) in [6.07, 6.45) is 4.82. The Balaban J connectivity index is 2.62. The highest BCUT2D eigenvalue weighted by atomic mass is 32.2. The minimum Gasteiger partial charge on any atom is -0.321 e. The predicted octanol–water partition coefficient (Wildman–Crippen LogP) is 1.69. The third-order valence-corrected chi connectivity index (χ3v) is 2.82. The number of rotatable bonds is 6. The molecule has 1 atom stereocenters. The van der Waals surface area contributed by atoms with Crippen molar-refractivity contribution in [2.75, 3.05) is 12.0 Å². The molecular weight excluding hydrogens is 208 g/mol. The number of hydrogen-bond donors (Lipinski definition) is 1. The first-order chi connectivity index (χ1) is 7.15. The zero-order valence-corrected chi connectivity index (χ0v) is 10.5. The first kappa shape index (κ1) is 12.5. The molecule has 0 aliphatic carbocycles. The van der Waals surface area contributed by atoms with Crippen LogP contribution in [0, 0.1) is 5.92 Å². The van der Waals surface area contributed by atoms with Gasteiger partial charge in [0.25, 0.3) is 0 Å². The smallest absolute Gasteiger partial charge is 0.149 e. The number of nitrogens with two attached hydrogens (primary N) is 1. The minimum atomic E-state index is 0.0127. The van der Waals surface area contributed by atoms with Gasteiger partial charge in [-0.15, -0.1) is 10.2 Å². The normalized spacial score (nSPS) is 13.4. The Morgan fingerprint density at radius 2 is 2.27 bits per heavy atom. The monoisotopic (exact) mass is 228 g/mol. The number of aromatic nitrogens is 3. The summed E-state index contributed by atoms with van der Waals surface area (Å²) in [5.74, 6) is 2.57. The molecule has 1 aromatic heterocycles. The molecule has 0 saturated carbocycles. The third kappa shape index (κ3) is 3.83. The second-order valence-electron chi connectivity index (χ2n) is 4.12. The summed E-state index contributed by atoms with van der Waals surface area (Å²) >= 11 is 1.81. The molecule has 0 spiro atoms. The van der Waals surface area contributed by atoms with Crippen LogP contribution in [0.1, 0.15) is 32.1 Å². The largest absolute Gasteiger partial charge is 0.321 e. The molecule has 4 nitrogen and oxygen atoms in total. The summed E-state index contributed by atoms with van der Waals surface area (Å²) in [6.45, 7) is 5.30. The quantitative estimate of drug-likeness (QED) is 0.805. The highest BCUT2D eigenvalue weighted by Crippen LogP contribution is 2.14. The van der Waals surface area contributed by atoms with Crippen molar-refractivity contribution in [2.45, 2.75) is 32.9 Å². The lowest BCUT2D eigenvalue weighted by Gasteiger charge is -2.13. The fraction of sp³-hybridized carbons (Fsp3) is 0.800. The molecule has 86 valence electrons. The molecule has 0 radical (unpaired) electrons. The topological polar surface area (TPSA) is 56.7 Å². The van der Waals surface area contributed by atoms with E-state index in [4.69, 9.17) is 5.73 Å². The van der Waals surface area contributed by atoms with E-state index < -0.39 is 0 Å². The fourth-order valence-electron chi connectivity index (χ4n) is 1.46. The summed E-state index contributed by atoms with van der Waals surface area (Å²) in [5.41, 5.74) is 6.07. The highest BCUT2D eigenvalue weighted by Gasteiger charge is 2.13. The van der Waals surface area contributed by atoms with Crippen LogP contribution in [0.2, 0.25) is 0 Å². The van der Waals surface area contributed by atoms with Crippen molar-refractivity contribution in [3.8, 4) is 0 Å². The van der Waals surface area contributed by atoms with Gasteiger partial charge in [0.15, 0.2) is 0 Å². The second-order valence-corrected chi connectivity index (χ2v) is 5.11. The van der Waals surface area contributed by atoms with E-state index in [0.717, 1.165) is 24.5 Å². The van der Waals surface area contributed by atoms with E-state index in [1.807, 2.05) is 11.8 Å². The molecule has 0 aromatic carbocycles. The highest BCUT2D eigenvalue weighted by molar-refractivity contribution is 7.98. The Morgan fingerprint density at radius 3 is 2.87 bits per heavy atom. The van der Waals surface area contributed by atoms with Gasteiger partial charge in [-0.05, 0) is 24.3 Å². The second kappa shape index (κ2) is 6.12. The first-order valence-electron chi connectivity index (χ1n) is 5.27. The lowest BCUT2D eigenvalue weighted by Crippen LogP contribution is -2.18. The molecule has 0 aliphatic rings. The lowest BCUT2D eigenvalue weighted by molar-refractivity contribution is 0.486. The van der Waals surface area contributed by atoms with Crippen molar-refractivity contribution in [3.63, 3.8) is 0 Å². The summed E-state index contributed by atoms with van der Waals surface area (Å²) in [7, 11) is 0. The average Bonchev–Trinajstić information content (AvgIpc) is 2.61. The van der Waals surface area contributed by atoms with E-state index in [1.165, 1.54) is 0 Å². The lowest BCUT2D eigenvalue weighted by atomic mass is 10.2. The summed E-state index contributed by atoms with van der Waals surface area (Å²) in [6, 6.07) is 0.0127. The van der Waals surface area contributed by atoms with Gasteiger partial charge < -0.3 is 10.3 Å². The molecule has 0 unspecified atom stereocenters. The van der Waals surface area contributed by atoms with Crippen LogP contribution in [0.3, 0.4) is 0 Å². The van der Waals surface area contributed by atoms with Crippen LogP contribution in [-0.4, -0.2) is 26.8 Å². The van der Waals surface area contributed by atoms with Crippen LogP contribution in [0.4, 0.5) is 0 Å². The van der Waals surface area contributed by atoms with Crippen LogP contribution in [0.15, 0.2) is 6.33 Å². The predicted molar refractivity (Wildman–Crippen MR) is 64.8 cm³/mol. The Morgan fingerprint density at radius 1 is 1.53 bits per heavy atom. The Kier molecular flexibility index (Phi) is 5.11. The van der Waals surface area contributed by atoms with Crippen molar-refractivity contribution >= 4 is 11.8 Å². The Bertz CT molecular complexity index is 285. The third-order valence-electron chi connectivity index (χ3n) is 2.17. The van der Waals surface area contributed by atoms with Crippen LogP contribution >= 0.6 is 11.8 Å². The van der Waals surface area contributed by atoms with Crippen molar-refractivity contribution in [2.24, 2.45) is 11.7 Å². The summed E-state index contributed by atoms with van der Waals surface area (Å²) in [4.78, 5) is 0. The van der Waals surface area contributed by atoms with Gasteiger partial charge in [0.2, 0.25) is 0 Å². The maximum Gasteiger partial charge on any atom is 0.149 e. The molecule has 1 aromatic rings. The maximum absolute atomic E-state index is 6.07. The summed E-state index contributed by atoms with van der Waals surface area (Å²) < 4.78 is 2.07. The van der Waals surface area contributed by atoms with Crippen molar-refractivity contribution in [3.05, 3.63) is 12.2 Å². The molecule has 1 rings (SSSR count). The summed E-state index contributed by atoms with van der Waals surface area (Å²) in [5, 5.41) is 8.03. The van der Waals surface area contributed by atoms with Crippen molar-refractivity contribution in [1.29, 1.82) is 0 Å². The van der Waals surface area contributed by atoms with Crippen molar-refractivity contribution < 1.29 is 0 Å². The van der Waals surface area contributed by atoms with Crippen molar-refractivity contribution in [1.82, 2.24) is 14.8 Å². The minimum absolute atomic E-state index is 0.0127. The van der Waals surface area contributed by atoms with E-state index in [2.05, 4.69) is 34.9 Å². The van der Waals surface area contributed by atoms with E-state index in [1.54, 1.807) is 6.33 Å². The fourth-order valence-corrected chi connectivity index (χ4v) is 1.95. The molecule has 15 heavy (non-hydrogen) atoms. The number of nitrogens with zero attached hydrogens (tertiary/aromatic N) is 3. The van der Waals surface area contributed by atoms with Crippen LogP contribution in [-0.2, 0) is 6.54 Å². The SMILES string of the molecule is CSCC[C@H](N)c1nncn1CC(C)C.